The van der Waals surface area contributed by atoms with Crippen LogP contribution in [-0.4, -0.2) is 41.6 Å². The fraction of sp³-hybridized carbons (Fsp3) is 0.400. The van der Waals surface area contributed by atoms with Crippen LogP contribution in [0.4, 0.5) is 0 Å². The molecule has 1 aromatic carbocycles. The monoisotopic (exact) mass is 338 g/mol. The summed E-state index contributed by atoms with van der Waals surface area (Å²) in [6, 6.07) is 4.60. The van der Waals surface area contributed by atoms with Gasteiger partial charge in [0.15, 0.2) is 6.04 Å². The Morgan fingerprint density at radius 2 is 1.92 bits per heavy atom. The predicted octanol–water partition coefficient (Wildman–Crippen LogP) is -5.09. The number of guanidine groups is 1. The number of carboxylic acid groups (broad SMARTS) is 1. The lowest BCUT2D eigenvalue weighted by Crippen LogP contribution is -2.78. The molecule has 1 amide bonds. The van der Waals surface area contributed by atoms with Gasteiger partial charge < -0.3 is 26.1 Å². The highest BCUT2D eigenvalue weighted by Gasteiger charge is 2.21. The highest BCUT2D eigenvalue weighted by Crippen LogP contribution is 2.10. The van der Waals surface area contributed by atoms with Crippen molar-refractivity contribution >= 4 is 17.8 Å². The molecule has 0 fully saturated rings. The normalized spacial score (nSPS) is 12.9. The van der Waals surface area contributed by atoms with E-state index in [9.17, 15) is 19.8 Å². The van der Waals surface area contributed by atoms with Gasteiger partial charge in [-0.15, -0.1) is 0 Å². The van der Waals surface area contributed by atoms with Crippen molar-refractivity contribution in [1.82, 2.24) is 5.32 Å². The third-order valence-corrected chi connectivity index (χ3v) is 3.39. The number of phenolic OH excluding ortho intramolecular Hbond substituents is 1. The first-order chi connectivity index (χ1) is 11.3. The summed E-state index contributed by atoms with van der Waals surface area (Å²) < 4.78 is 0. The van der Waals surface area contributed by atoms with Crippen molar-refractivity contribution in [3.8, 4) is 5.75 Å². The minimum absolute atomic E-state index is 0.0516. The second-order valence-electron chi connectivity index (χ2n) is 5.47. The lowest BCUT2D eigenvalue weighted by Gasteiger charge is -2.20. The summed E-state index contributed by atoms with van der Waals surface area (Å²) in [6.45, 7) is 0.392. The van der Waals surface area contributed by atoms with Gasteiger partial charge in [0.05, 0.1) is 18.6 Å². The van der Waals surface area contributed by atoms with Gasteiger partial charge in [0.2, 0.25) is 0 Å². The van der Waals surface area contributed by atoms with E-state index >= 15 is 0 Å². The maximum atomic E-state index is 12.1. The smallest absolute Gasteiger partial charge is 0.338 e. The Balaban J connectivity index is 2.52. The molecule has 0 aliphatic heterocycles. The molecular weight excluding hydrogens is 314 g/mol. The number of amides is 1. The predicted molar refractivity (Wildman–Crippen MR) is 83.9 cm³/mol. The molecule has 0 heterocycles. The van der Waals surface area contributed by atoms with Crippen molar-refractivity contribution in [2.45, 2.75) is 31.3 Å². The minimum Gasteiger partial charge on any atom is -0.548 e. The van der Waals surface area contributed by atoms with Crippen LogP contribution in [0.25, 0.3) is 0 Å². The molecule has 0 aromatic heterocycles. The van der Waals surface area contributed by atoms with Gasteiger partial charge in [0.25, 0.3) is 5.91 Å². The van der Waals surface area contributed by atoms with Gasteiger partial charge in [0.1, 0.15) is 5.75 Å². The first-order valence-corrected chi connectivity index (χ1v) is 7.53. The van der Waals surface area contributed by atoms with E-state index in [0.29, 0.717) is 19.4 Å². The lowest BCUT2D eigenvalue weighted by molar-refractivity contribution is -0.459. The fourth-order valence-electron chi connectivity index (χ4n) is 2.09. The quantitative estimate of drug-likeness (QED) is 0.149. The summed E-state index contributed by atoms with van der Waals surface area (Å²) in [7, 11) is 0. The Morgan fingerprint density at radius 3 is 2.46 bits per heavy atom. The maximum absolute atomic E-state index is 12.1. The van der Waals surface area contributed by atoms with Crippen LogP contribution in [0.5, 0.6) is 5.75 Å². The van der Waals surface area contributed by atoms with Crippen LogP contribution in [0.2, 0.25) is 0 Å². The van der Waals surface area contributed by atoms with Crippen LogP contribution in [0.15, 0.2) is 24.3 Å². The molecular formula is C15H24N5O4+. The minimum atomic E-state index is -1.36. The Kier molecular flexibility index (Phi) is 7.50. The molecule has 0 aliphatic carbocycles. The van der Waals surface area contributed by atoms with E-state index in [1.54, 1.807) is 12.1 Å². The standard InChI is InChI=1S/C15H23N5O4/c16-11(8-9-3-5-10(21)6-4-9)13(22)20-12(14(23)24)2-1-7-19-15(17)18/h3-6,11-12,21H,1-2,7-8,16H2,(H,20,22)(H,23,24)(H4,17,18,19)/p+1/t11-,12+/m0/s1. The van der Waals surface area contributed by atoms with Crippen LogP contribution in [0.1, 0.15) is 18.4 Å². The Labute approximate surface area is 139 Å². The van der Waals surface area contributed by atoms with Crippen LogP contribution in [0.3, 0.4) is 0 Å². The van der Waals surface area contributed by atoms with Crippen molar-refractivity contribution in [3.63, 3.8) is 0 Å². The molecule has 0 radical (unpaired) electrons. The molecule has 10 N–H and O–H groups in total. The number of carbonyl (C=O) groups is 2. The largest absolute Gasteiger partial charge is 0.548 e. The molecule has 1 aromatic rings. The Morgan fingerprint density at radius 1 is 1.29 bits per heavy atom. The number of nitrogens with one attached hydrogen (secondary N) is 2. The third kappa shape index (κ3) is 6.97. The number of aromatic hydroxyl groups is 1. The molecule has 9 heteroatoms. The van der Waals surface area contributed by atoms with Crippen molar-refractivity contribution in [1.29, 1.82) is 0 Å². The van der Waals surface area contributed by atoms with Crippen molar-refractivity contribution < 1.29 is 30.5 Å². The van der Waals surface area contributed by atoms with Gasteiger partial charge >= 0.3 is 5.96 Å². The zero-order valence-corrected chi connectivity index (χ0v) is 13.3. The lowest BCUT2D eigenvalue weighted by atomic mass is 10.0. The first kappa shape index (κ1) is 19.2. The third-order valence-electron chi connectivity index (χ3n) is 3.39. The van der Waals surface area contributed by atoms with E-state index in [2.05, 4.69) is 16.0 Å². The van der Waals surface area contributed by atoms with Crippen molar-refractivity contribution in [2.75, 3.05) is 6.54 Å². The summed E-state index contributed by atoms with van der Waals surface area (Å²) >= 11 is 0. The number of phenols is 1. The average Bonchev–Trinajstić information content (AvgIpc) is 2.51. The van der Waals surface area contributed by atoms with Gasteiger partial charge in [-0.1, -0.05) is 12.1 Å². The summed E-state index contributed by atoms with van der Waals surface area (Å²) in [5, 5.41) is 22.8. The first-order valence-electron chi connectivity index (χ1n) is 7.53. The summed E-state index contributed by atoms with van der Waals surface area (Å²) in [4.78, 5) is 25.9. The zero-order chi connectivity index (χ0) is 18.1. The molecule has 0 unspecified atom stereocenters. The van der Waals surface area contributed by atoms with E-state index < -0.39 is 24.0 Å². The fourth-order valence-corrected chi connectivity index (χ4v) is 2.09. The molecule has 0 bridgehead atoms. The van der Waals surface area contributed by atoms with Crippen LogP contribution >= 0.6 is 0 Å². The van der Waals surface area contributed by atoms with Gasteiger partial charge in [0, 0.05) is 6.42 Å². The molecule has 2 atom stereocenters. The number of aliphatic carboxylic acids is 1. The SMILES string of the molecule is NC(N)=[NH+]CCC[C@@H](NC(=O)[C@@H]([NH3+])Cc1ccc(O)cc1)C(=O)[O-]. The Bertz CT molecular complexity index is 584. The van der Waals surface area contributed by atoms with Gasteiger partial charge in [-0.25, -0.2) is 0 Å². The molecule has 132 valence electrons. The molecule has 0 saturated heterocycles. The molecule has 0 aliphatic rings. The van der Waals surface area contributed by atoms with E-state index in [-0.39, 0.29) is 18.1 Å². The maximum Gasteiger partial charge on any atom is 0.338 e. The summed E-state index contributed by atoms with van der Waals surface area (Å²) in [5.74, 6) is -1.65. The highest BCUT2D eigenvalue weighted by atomic mass is 16.4. The van der Waals surface area contributed by atoms with E-state index in [1.165, 1.54) is 12.1 Å². The van der Waals surface area contributed by atoms with Crippen molar-refractivity contribution in [2.24, 2.45) is 11.5 Å². The molecule has 0 saturated carbocycles. The van der Waals surface area contributed by atoms with Gasteiger partial charge in [-0.05, 0) is 30.5 Å². The number of carboxylic acids is 1. The Hall–Kier alpha value is -2.81. The van der Waals surface area contributed by atoms with Gasteiger partial charge in [-0.2, -0.15) is 0 Å². The number of hydrogen-bond donors (Lipinski definition) is 6. The molecule has 1 rings (SSSR count). The summed E-state index contributed by atoms with van der Waals surface area (Å²) in [5.41, 5.74) is 15.0. The van der Waals surface area contributed by atoms with Crippen molar-refractivity contribution in [3.05, 3.63) is 29.8 Å². The number of quaternary nitrogens is 1. The molecule has 24 heavy (non-hydrogen) atoms. The average molecular weight is 338 g/mol. The number of nitrogens with two attached hydrogens (primary N) is 2. The number of carbonyl (C=O) groups excluding carboxylic acids is 2. The molecule has 0 spiro atoms. The van der Waals surface area contributed by atoms with Crippen LogP contribution in [0, 0.1) is 0 Å². The molecule has 9 nitrogen and oxygen atoms in total. The topological polar surface area (TPSA) is 183 Å². The van der Waals surface area contributed by atoms with E-state index in [0.717, 1.165) is 5.56 Å². The van der Waals surface area contributed by atoms with Gasteiger partial charge in [-0.3, -0.25) is 21.3 Å². The highest BCUT2D eigenvalue weighted by molar-refractivity contribution is 5.85. The zero-order valence-electron chi connectivity index (χ0n) is 13.3. The number of hydrogen-bond acceptors (Lipinski definition) is 4. The van der Waals surface area contributed by atoms with Crippen LogP contribution < -0.4 is 32.6 Å². The van der Waals surface area contributed by atoms with E-state index in [1.807, 2.05) is 0 Å². The summed E-state index contributed by atoms with van der Waals surface area (Å²) in [6.07, 6.45) is 0.947. The number of benzene rings is 1. The second-order valence-corrected chi connectivity index (χ2v) is 5.47. The van der Waals surface area contributed by atoms with E-state index in [4.69, 9.17) is 11.5 Å². The number of rotatable bonds is 9. The second kappa shape index (κ2) is 9.36. The van der Waals surface area contributed by atoms with Crippen LogP contribution in [-0.2, 0) is 16.0 Å².